The highest BCUT2D eigenvalue weighted by molar-refractivity contribution is 7.98. The van der Waals surface area contributed by atoms with Gasteiger partial charge in [0.05, 0.1) is 12.7 Å². The number of hydrogen-bond acceptors (Lipinski definition) is 4. The number of amides is 1. The summed E-state index contributed by atoms with van der Waals surface area (Å²) in [7, 11) is 0. The van der Waals surface area contributed by atoms with Gasteiger partial charge < -0.3 is 15.9 Å². The van der Waals surface area contributed by atoms with Crippen LogP contribution >= 0.6 is 23.4 Å². The summed E-state index contributed by atoms with van der Waals surface area (Å²) in [5.74, 6) is 0.529. The lowest BCUT2D eigenvalue weighted by Gasteiger charge is -2.08. The Kier molecular flexibility index (Phi) is 5.77. The number of nitrogens with two attached hydrogens (primary N) is 1. The second kappa shape index (κ2) is 6.86. The van der Waals surface area contributed by atoms with Gasteiger partial charge in [-0.2, -0.15) is 11.8 Å². The number of hydrogen-bond donors (Lipinski definition) is 3. The third-order valence-corrected chi connectivity index (χ3v) is 3.60. The molecule has 4 nitrogen and oxygen atoms in total. The molecule has 0 fully saturated rings. The third kappa shape index (κ3) is 4.55. The monoisotopic (exact) mass is 275 g/mol. The van der Waals surface area contributed by atoms with E-state index in [1.165, 1.54) is 17.8 Å². The van der Waals surface area contributed by atoms with E-state index in [0.29, 0.717) is 22.1 Å². The zero-order chi connectivity index (χ0) is 12.8. The van der Waals surface area contributed by atoms with Crippen molar-refractivity contribution in [3.05, 3.63) is 34.3 Å². The first-order chi connectivity index (χ1) is 8.04. The number of thioether (sulfide) groups is 1. The van der Waals surface area contributed by atoms with Crippen LogP contribution in [0.2, 0.25) is 5.02 Å². The van der Waals surface area contributed by atoms with Crippen molar-refractivity contribution in [1.29, 1.82) is 0 Å². The maximum absolute atomic E-state index is 10.9. The summed E-state index contributed by atoms with van der Waals surface area (Å²) in [6.07, 6.45) is -0.719. The summed E-state index contributed by atoms with van der Waals surface area (Å²) in [5, 5.41) is 18.3. The molecule has 1 rings (SSSR count). The molecule has 94 valence electrons. The Morgan fingerprint density at radius 3 is 2.76 bits per heavy atom. The Morgan fingerprint density at radius 2 is 2.24 bits per heavy atom. The van der Waals surface area contributed by atoms with Crippen molar-refractivity contribution in [1.82, 2.24) is 0 Å². The van der Waals surface area contributed by atoms with Crippen LogP contribution < -0.4 is 5.73 Å². The molecule has 6 heteroatoms. The van der Waals surface area contributed by atoms with E-state index in [0.717, 1.165) is 5.56 Å². The smallest absolute Gasteiger partial charge is 0.248 e. The molecular formula is C11H14ClNO3S. The summed E-state index contributed by atoms with van der Waals surface area (Å²) < 4.78 is 0. The number of aliphatic hydroxyl groups is 2. The minimum atomic E-state index is -0.719. The van der Waals surface area contributed by atoms with E-state index < -0.39 is 12.0 Å². The fourth-order valence-corrected chi connectivity index (χ4v) is 2.47. The number of rotatable bonds is 6. The molecule has 0 aliphatic heterocycles. The van der Waals surface area contributed by atoms with Gasteiger partial charge >= 0.3 is 0 Å². The first-order valence-corrected chi connectivity index (χ1v) is 6.52. The lowest BCUT2D eigenvalue weighted by Crippen LogP contribution is -2.14. The predicted octanol–water partition coefficient (Wildman–Crippen LogP) is 1.03. The molecule has 0 heterocycles. The molecule has 0 aliphatic carbocycles. The summed E-state index contributed by atoms with van der Waals surface area (Å²) in [6, 6.07) is 4.88. The molecule has 1 amide bonds. The lowest BCUT2D eigenvalue weighted by atomic mass is 10.1. The fraction of sp³-hybridized carbons (Fsp3) is 0.364. The van der Waals surface area contributed by atoms with Gasteiger partial charge in [-0.3, -0.25) is 4.79 Å². The first-order valence-electron chi connectivity index (χ1n) is 4.99. The average Bonchev–Trinajstić information content (AvgIpc) is 2.30. The molecule has 0 saturated heterocycles. The van der Waals surface area contributed by atoms with Crippen LogP contribution in [0, 0.1) is 0 Å². The predicted molar refractivity (Wildman–Crippen MR) is 69.2 cm³/mol. The zero-order valence-electron chi connectivity index (χ0n) is 9.10. The quantitative estimate of drug-likeness (QED) is 0.724. The van der Waals surface area contributed by atoms with E-state index in [1.807, 2.05) is 0 Å². The minimum absolute atomic E-state index is 0.249. The Morgan fingerprint density at radius 1 is 1.53 bits per heavy atom. The molecule has 1 unspecified atom stereocenters. The topological polar surface area (TPSA) is 83.6 Å². The molecule has 17 heavy (non-hydrogen) atoms. The summed E-state index contributed by atoms with van der Waals surface area (Å²) in [5.41, 5.74) is 6.37. The van der Waals surface area contributed by atoms with Gasteiger partial charge in [0.1, 0.15) is 0 Å². The van der Waals surface area contributed by atoms with Crippen molar-refractivity contribution >= 4 is 29.3 Å². The Labute approximate surface area is 109 Å². The van der Waals surface area contributed by atoms with Gasteiger partial charge in [0.2, 0.25) is 5.91 Å². The minimum Gasteiger partial charge on any atom is -0.394 e. The van der Waals surface area contributed by atoms with Crippen LogP contribution in [0.1, 0.15) is 15.9 Å². The van der Waals surface area contributed by atoms with Crippen LogP contribution in [0.5, 0.6) is 0 Å². The average molecular weight is 276 g/mol. The normalized spacial score (nSPS) is 12.4. The molecule has 0 spiro atoms. The van der Waals surface area contributed by atoms with Crippen LogP contribution in [0.4, 0.5) is 0 Å². The van der Waals surface area contributed by atoms with Gasteiger partial charge in [0, 0.05) is 22.1 Å². The zero-order valence-corrected chi connectivity index (χ0v) is 10.7. The molecule has 0 aromatic heterocycles. The SMILES string of the molecule is NC(=O)c1ccc(CSCC(O)CO)c(Cl)c1. The standard InChI is InChI=1S/C11H14ClNO3S/c12-10-3-7(11(13)16)1-2-8(10)5-17-6-9(15)4-14/h1-3,9,14-15H,4-6H2,(H2,13,16). The number of carbonyl (C=O) groups excluding carboxylic acids is 1. The highest BCUT2D eigenvalue weighted by Crippen LogP contribution is 2.22. The Balaban J connectivity index is 2.57. The van der Waals surface area contributed by atoms with Crippen LogP contribution in [0.15, 0.2) is 18.2 Å². The first kappa shape index (κ1) is 14.3. The maximum atomic E-state index is 10.9. The van der Waals surface area contributed by atoms with E-state index in [-0.39, 0.29) is 6.61 Å². The molecule has 0 saturated carbocycles. The molecule has 0 radical (unpaired) electrons. The van der Waals surface area contributed by atoms with Crippen molar-refractivity contribution in [2.45, 2.75) is 11.9 Å². The number of carbonyl (C=O) groups is 1. The van der Waals surface area contributed by atoms with E-state index in [2.05, 4.69) is 0 Å². The second-order valence-corrected chi connectivity index (χ2v) is 4.96. The maximum Gasteiger partial charge on any atom is 0.248 e. The number of aliphatic hydroxyl groups excluding tert-OH is 2. The molecule has 1 aromatic carbocycles. The van der Waals surface area contributed by atoms with Gasteiger partial charge in [-0.15, -0.1) is 0 Å². The van der Waals surface area contributed by atoms with Gasteiger partial charge in [-0.25, -0.2) is 0 Å². The van der Waals surface area contributed by atoms with Crippen molar-refractivity contribution in [3.63, 3.8) is 0 Å². The fourth-order valence-electron chi connectivity index (χ4n) is 1.18. The summed E-state index contributed by atoms with van der Waals surface area (Å²) >= 11 is 7.45. The summed E-state index contributed by atoms with van der Waals surface area (Å²) in [4.78, 5) is 10.9. The molecule has 1 atom stereocenters. The number of primary amides is 1. The number of benzene rings is 1. The van der Waals surface area contributed by atoms with Gasteiger partial charge in [-0.1, -0.05) is 17.7 Å². The van der Waals surface area contributed by atoms with E-state index in [1.54, 1.807) is 12.1 Å². The van der Waals surface area contributed by atoms with Gasteiger partial charge in [0.15, 0.2) is 0 Å². The van der Waals surface area contributed by atoms with Crippen LogP contribution in [-0.2, 0) is 5.75 Å². The van der Waals surface area contributed by atoms with Crippen molar-refractivity contribution in [2.24, 2.45) is 5.73 Å². The molecular weight excluding hydrogens is 262 g/mol. The van der Waals surface area contributed by atoms with E-state index in [9.17, 15) is 4.79 Å². The van der Waals surface area contributed by atoms with Crippen molar-refractivity contribution < 1.29 is 15.0 Å². The Hall–Kier alpha value is -0.750. The lowest BCUT2D eigenvalue weighted by molar-refractivity contribution is 0.100. The number of halogens is 1. The van der Waals surface area contributed by atoms with Crippen molar-refractivity contribution in [3.8, 4) is 0 Å². The second-order valence-electron chi connectivity index (χ2n) is 3.52. The molecule has 1 aromatic rings. The molecule has 0 aliphatic rings. The largest absolute Gasteiger partial charge is 0.394 e. The highest BCUT2D eigenvalue weighted by Gasteiger charge is 2.07. The summed E-state index contributed by atoms with van der Waals surface area (Å²) in [6.45, 7) is -0.249. The molecule has 0 bridgehead atoms. The van der Waals surface area contributed by atoms with Crippen LogP contribution in [0.3, 0.4) is 0 Å². The van der Waals surface area contributed by atoms with Crippen LogP contribution in [0.25, 0.3) is 0 Å². The van der Waals surface area contributed by atoms with Crippen LogP contribution in [-0.4, -0.2) is 34.6 Å². The highest BCUT2D eigenvalue weighted by atomic mass is 35.5. The van der Waals surface area contributed by atoms with Gasteiger partial charge in [0.25, 0.3) is 0 Å². The third-order valence-electron chi connectivity index (χ3n) is 2.12. The van der Waals surface area contributed by atoms with Gasteiger partial charge in [-0.05, 0) is 17.7 Å². The molecule has 4 N–H and O–H groups in total. The van der Waals surface area contributed by atoms with Crippen molar-refractivity contribution in [2.75, 3.05) is 12.4 Å². The Bertz CT molecular complexity index is 400. The van der Waals surface area contributed by atoms with E-state index >= 15 is 0 Å². The van der Waals surface area contributed by atoms with E-state index in [4.69, 9.17) is 27.5 Å².